The van der Waals surface area contributed by atoms with Gasteiger partial charge in [0.1, 0.15) is 12.2 Å². The fraction of sp³-hybridized carbons (Fsp3) is 0.250. The molecule has 0 N–H and O–H groups in total. The number of benzene rings is 2. The van der Waals surface area contributed by atoms with E-state index in [-0.39, 0.29) is 12.2 Å². The Kier molecular flexibility index (Phi) is 2.49. The minimum atomic E-state index is 0.248. The van der Waals surface area contributed by atoms with Crippen LogP contribution in [0.15, 0.2) is 48.5 Å². The fourth-order valence-corrected chi connectivity index (χ4v) is 2.13. The molecule has 86 valence electrons. The summed E-state index contributed by atoms with van der Waals surface area (Å²) in [6, 6.07) is 17.2. The maximum atomic E-state index is 5.77. The molecule has 1 fully saturated rings. The molecule has 0 spiro atoms. The quantitative estimate of drug-likeness (QED) is 0.699. The summed E-state index contributed by atoms with van der Waals surface area (Å²) in [4.78, 5) is 0. The van der Waals surface area contributed by atoms with Gasteiger partial charge in [0.25, 0.3) is 0 Å². The highest BCUT2D eigenvalue weighted by atomic mass is 16.6. The molecule has 1 saturated heterocycles. The van der Waals surface area contributed by atoms with Crippen LogP contribution in [0, 0.1) is 13.8 Å². The Morgan fingerprint density at radius 2 is 1.00 bits per heavy atom. The summed E-state index contributed by atoms with van der Waals surface area (Å²) in [5.41, 5.74) is 5.14. The van der Waals surface area contributed by atoms with Gasteiger partial charge in [0.05, 0.1) is 0 Å². The monoisotopic (exact) mass is 224 g/mol. The van der Waals surface area contributed by atoms with E-state index in [4.69, 9.17) is 4.74 Å². The predicted molar refractivity (Wildman–Crippen MR) is 68.9 cm³/mol. The zero-order valence-corrected chi connectivity index (χ0v) is 10.2. The van der Waals surface area contributed by atoms with Gasteiger partial charge in [0, 0.05) is 0 Å². The van der Waals surface area contributed by atoms with Crippen LogP contribution >= 0.6 is 0 Å². The van der Waals surface area contributed by atoms with E-state index in [2.05, 4.69) is 62.4 Å². The lowest BCUT2D eigenvalue weighted by molar-refractivity contribution is 0.377. The van der Waals surface area contributed by atoms with Gasteiger partial charge in [-0.1, -0.05) is 59.7 Å². The van der Waals surface area contributed by atoms with Crippen molar-refractivity contribution < 1.29 is 4.74 Å². The van der Waals surface area contributed by atoms with Crippen LogP contribution in [0.3, 0.4) is 0 Å². The first-order chi connectivity index (χ1) is 8.24. The topological polar surface area (TPSA) is 12.5 Å². The first-order valence-electron chi connectivity index (χ1n) is 6.02. The molecule has 2 aromatic carbocycles. The van der Waals surface area contributed by atoms with Crippen LogP contribution < -0.4 is 0 Å². The van der Waals surface area contributed by atoms with Crippen molar-refractivity contribution in [3.63, 3.8) is 0 Å². The highest BCUT2D eigenvalue weighted by Gasteiger charge is 2.41. The summed E-state index contributed by atoms with van der Waals surface area (Å²) in [7, 11) is 0. The lowest BCUT2D eigenvalue weighted by Crippen LogP contribution is -1.85. The van der Waals surface area contributed by atoms with E-state index in [1.165, 1.54) is 22.3 Å². The first kappa shape index (κ1) is 10.5. The van der Waals surface area contributed by atoms with Crippen molar-refractivity contribution in [3.8, 4) is 0 Å². The number of rotatable bonds is 2. The van der Waals surface area contributed by atoms with E-state index in [1.807, 2.05) is 0 Å². The summed E-state index contributed by atoms with van der Waals surface area (Å²) >= 11 is 0. The van der Waals surface area contributed by atoms with E-state index in [0.29, 0.717) is 0 Å². The number of hydrogen-bond acceptors (Lipinski definition) is 1. The summed E-state index contributed by atoms with van der Waals surface area (Å²) < 4.78 is 5.77. The van der Waals surface area contributed by atoms with E-state index < -0.39 is 0 Å². The van der Waals surface area contributed by atoms with Gasteiger partial charge in [0.15, 0.2) is 0 Å². The smallest absolute Gasteiger partial charge is 0.114 e. The SMILES string of the molecule is Cc1ccc([C@H]2O[C@H]2c2ccc(C)cc2)cc1. The molecule has 17 heavy (non-hydrogen) atoms. The largest absolute Gasteiger partial charge is 0.359 e. The van der Waals surface area contributed by atoms with Crippen molar-refractivity contribution in [1.29, 1.82) is 0 Å². The molecular weight excluding hydrogens is 208 g/mol. The van der Waals surface area contributed by atoms with Crippen LogP contribution in [0.25, 0.3) is 0 Å². The fourth-order valence-electron chi connectivity index (χ4n) is 2.13. The van der Waals surface area contributed by atoms with E-state index >= 15 is 0 Å². The van der Waals surface area contributed by atoms with Crippen molar-refractivity contribution in [1.82, 2.24) is 0 Å². The van der Waals surface area contributed by atoms with Crippen molar-refractivity contribution in [2.75, 3.05) is 0 Å². The average molecular weight is 224 g/mol. The lowest BCUT2D eigenvalue weighted by atomic mass is 10.0. The Morgan fingerprint density at radius 3 is 1.35 bits per heavy atom. The Hall–Kier alpha value is -1.60. The maximum absolute atomic E-state index is 5.77. The first-order valence-corrected chi connectivity index (χ1v) is 6.02. The molecule has 0 amide bonds. The molecule has 1 heterocycles. The molecule has 0 bridgehead atoms. The molecule has 1 aliphatic heterocycles. The van der Waals surface area contributed by atoms with Gasteiger partial charge < -0.3 is 4.74 Å². The molecule has 2 atom stereocenters. The summed E-state index contributed by atoms with van der Waals surface area (Å²) in [6.45, 7) is 4.21. The van der Waals surface area contributed by atoms with Crippen LogP contribution in [-0.4, -0.2) is 0 Å². The normalized spacial score (nSPS) is 22.5. The van der Waals surface area contributed by atoms with Gasteiger partial charge in [-0.25, -0.2) is 0 Å². The molecule has 1 nitrogen and oxygen atoms in total. The molecule has 0 saturated carbocycles. The van der Waals surface area contributed by atoms with E-state index in [9.17, 15) is 0 Å². The number of epoxide rings is 1. The molecule has 0 aliphatic carbocycles. The highest BCUT2D eigenvalue weighted by molar-refractivity contribution is 5.32. The Bertz CT molecular complexity index is 461. The summed E-state index contributed by atoms with van der Waals surface area (Å²) in [5.74, 6) is 0. The predicted octanol–water partition coefficient (Wildman–Crippen LogP) is 4.12. The Morgan fingerprint density at radius 1 is 0.647 bits per heavy atom. The van der Waals surface area contributed by atoms with Crippen LogP contribution in [0.1, 0.15) is 34.5 Å². The molecule has 0 unspecified atom stereocenters. The minimum absolute atomic E-state index is 0.248. The molecule has 3 rings (SSSR count). The van der Waals surface area contributed by atoms with Gasteiger partial charge >= 0.3 is 0 Å². The van der Waals surface area contributed by atoms with Crippen molar-refractivity contribution in [2.45, 2.75) is 26.1 Å². The van der Waals surface area contributed by atoms with Gasteiger partial charge in [0.2, 0.25) is 0 Å². The molecule has 2 aromatic rings. The van der Waals surface area contributed by atoms with Crippen molar-refractivity contribution in [2.24, 2.45) is 0 Å². The van der Waals surface area contributed by atoms with Gasteiger partial charge in [-0.3, -0.25) is 0 Å². The van der Waals surface area contributed by atoms with Gasteiger partial charge in [-0.15, -0.1) is 0 Å². The summed E-state index contributed by atoms with van der Waals surface area (Å²) in [5, 5.41) is 0. The van der Waals surface area contributed by atoms with Crippen molar-refractivity contribution in [3.05, 3.63) is 70.8 Å². The standard InChI is InChI=1S/C16H16O/c1-11-3-7-13(8-4-11)15-16(17-15)14-9-5-12(2)6-10-14/h3-10,15-16H,1-2H3/t15-,16+. The number of aryl methyl sites for hydroxylation is 2. The van der Waals surface area contributed by atoms with E-state index in [1.54, 1.807) is 0 Å². The third-order valence-electron chi connectivity index (χ3n) is 3.30. The van der Waals surface area contributed by atoms with Gasteiger partial charge in [-0.2, -0.15) is 0 Å². The van der Waals surface area contributed by atoms with Crippen LogP contribution in [0.2, 0.25) is 0 Å². The second kappa shape index (κ2) is 4.01. The lowest BCUT2D eigenvalue weighted by Gasteiger charge is -1.99. The third kappa shape index (κ3) is 2.11. The average Bonchev–Trinajstić information content (AvgIpc) is 3.11. The number of hydrogen-bond donors (Lipinski definition) is 0. The minimum Gasteiger partial charge on any atom is -0.359 e. The van der Waals surface area contributed by atoms with Gasteiger partial charge in [-0.05, 0) is 25.0 Å². The molecular formula is C16H16O. The van der Waals surface area contributed by atoms with Crippen LogP contribution in [-0.2, 0) is 4.74 Å². The van der Waals surface area contributed by atoms with Crippen LogP contribution in [0.4, 0.5) is 0 Å². The molecule has 0 radical (unpaired) electrons. The molecule has 1 aliphatic rings. The zero-order valence-electron chi connectivity index (χ0n) is 10.2. The molecule has 0 aromatic heterocycles. The van der Waals surface area contributed by atoms with E-state index in [0.717, 1.165) is 0 Å². The van der Waals surface area contributed by atoms with Crippen LogP contribution in [0.5, 0.6) is 0 Å². The highest BCUT2D eigenvalue weighted by Crippen LogP contribution is 2.50. The molecule has 1 heteroatoms. The third-order valence-corrected chi connectivity index (χ3v) is 3.30. The summed E-state index contributed by atoms with van der Waals surface area (Å²) in [6.07, 6.45) is 0.497. The second-order valence-corrected chi connectivity index (χ2v) is 4.80. The maximum Gasteiger partial charge on any atom is 0.114 e. The zero-order chi connectivity index (χ0) is 11.8. The number of ether oxygens (including phenoxy) is 1. The second-order valence-electron chi connectivity index (χ2n) is 4.80. The Balaban J connectivity index is 1.78. The van der Waals surface area contributed by atoms with Crippen molar-refractivity contribution >= 4 is 0 Å². The Labute approximate surface area is 102 Å².